The Balaban J connectivity index is 2.16. The van der Waals surface area contributed by atoms with Gasteiger partial charge in [0.1, 0.15) is 0 Å². The molecule has 2 atom stereocenters. The minimum Gasteiger partial charge on any atom is -0.123 e. The second kappa shape index (κ2) is 2.04. The lowest BCUT2D eigenvalue weighted by molar-refractivity contribution is 0.328. The molecule has 2 unspecified atom stereocenters. The first-order valence-corrected chi connectivity index (χ1v) is 3.21. The molecule has 0 heterocycles. The monoisotopic (exact) mass is 117 g/mol. The van der Waals surface area contributed by atoms with E-state index in [9.17, 15) is 0 Å². The summed E-state index contributed by atoms with van der Waals surface area (Å²) in [5, 5.41) is 0.456. The van der Waals surface area contributed by atoms with Crippen LogP contribution < -0.4 is 0 Å². The summed E-state index contributed by atoms with van der Waals surface area (Å²) in [5.41, 5.74) is 0. The van der Waals surface area contributed by atoms with Crippen LogP contribution in [0.4, 0.5) is 0 Å². The van der Waals surface area contributed by atoms with Crippen molar-refractivity contribution in [3.8, 4) is 0 Å². The molecule has 0 aromatic heterocycles. The molecule has 1 heteroatoms. The van der Waals surface area contributed by atoms with Crippen LogP contribution in [0.1, 0.15) is 19.3 Å². The quantitative estimate of drug-likeness (QED) is 0.462. The highest BCUT2D eigenvalue weighted by molar-refractivity contribution is 6.21. The zero-order chi connectivity index (χ0) is 5.28. The van der Waals surface area contributed by atoms with Gasteiger partial charge in [0.2, 0.25) is 0 Å². The van der Waals surface area contributed by atoms with Crippen LogP contribution in [-0.4, -0.2) is 5.38 Å². The second-order valence-electron chi connectivity index (χ2n) is 2.14. The Morgan fingerprint density at radius 1 is 1.57 bits per heavy atom. The Kier molecular flexibility index (Phi) is 1.58. The third kappa shape index (κ3) is 0.908. The predicted molar refractivity (Wildman–Crippen MR) is 32.3 cm³/mol. The molecule has 0 aliphatic heterocycles. The van der Waals surface area contributed by atoms with Crippen molar-refractivity contribution in [2.45, 2.75) is 24.6 Å². The van der Waals surface area contributed by atoms with Gasteiger partial charge < -0.3 is 0 Å². The van der Waals surface area contributed by atoms with Crippen molar-refractivity contribution in [3.63, 3.8) is 0 Å². The molecule has 1 radical (unpaired) electrons. The zero-order valence-corrected chi connectivity index (χ0v) is 5.12. The van der Waals surface area contributed by atoms with E-state index >= 15 is 0 Å². The fourth-order valence-corrected chi connectivity index (χ4v) is 1.23. The second-order valence-corrected chi connectivity index (χ2v) is 2.70. The van der Waals surface area contributed by atoms with Gasteiger partial charge in [0.15, 0.2) is 0 Å². The van der Waals surface area contributed by atoms with Gasteiger partial charge in [-0.05, 0) is 25.2 Å². The van der Waals surface area contributed by atoms with E-state index in [1.54, 1.807) is 0 Å². The number of rotatable bonds is 1. The maximum atomic E-state index is 5.78. The standard InChI is InChI=1S/C6H10Cl/c1-2-5-3-4-6(5)7/h5-6H,1-4H2. The van der Waals surface area contributed by atoms with Gasteiger partial charge in [0, 0.05) is 5.38 Å². The van der Waals surface area contributed by atoms with Gasteiger partial charge in [-0.3, -0.25) is 0 Å². The van der Waals surface area contributed by atoms with E-state index < -0.39 is 0 Å². The summed E-state index contributed by atoms with van der Waals surface area (Å²) in [6.45, 7) is 3.77. The van der Waals surface area contributed by atoms with Gasteiger partial charge in [-0.25, -0.2) is 0 Å². The summed E-state index contributed by atoms with van der Waals surface area (Å²) >= 11 is 5.78. The molecule has 1 aliphatic carbocycles. The highest BCUT2D eigenvalue weighted by atomic mass is 35.5. The Morgan fingerprint density at radius 2 is 2.29 bits per heavy atom. The van der Waals surface area contributed by atoms with E-state index in [1.807, 2.05) is 0 Å². The van der Waals surface area contributed by atoms with E-state index in [4.69, 9.17) is 11.6 Å². The smallest absolute Gasteiger partial charge is 0.0364 e. The van der Waals surface area contributed by atoms with Crippen LogP contribution in [0.15, 0.2) is 0 Å². The maximum Gasteiger partial charge on any atom is 0.0364 e. The van der Waals surface area contributed by atoms with E-state index in [-0.39, 0.29) is 0 Å². The molecule has 41 valence electrons. The van der Waals surface area contributed by atoms with Crippen LogP contribution in [0.3, 0.4) is 0 Å². The highest BCUT2D eigenvalue weighted by Gasteiger charge is 2.26. The summed E-state index contributed by atoms with van der Waals surface area (Å²) in [4.78, 5) is 0. The van der Waals surface area contributed by atoms with Gasteiger partial charge in [-0.1, -0.05) is 6.92 Å². The van der Waals surface area contributed by atoms with Crippen molar-refractivity contribution in [3.05, 3.63) is 6.92 Å². The molecule has 0 aromatic rings. The van der Waals surface area contributed by atoms with Crippen LogP contribution in [0.5, 0.6) is 0 Å². The first kappa shape index (κ1) is 5.43. The lowest BCUT2D eigenvalue weighted by Crippen LogP contribution is -2.25. The molecule has 0 N–H and O–H groups in total. The Labute approximate surface area is 49.9 Å². The zero-order valence-electron chi connectivity index (χ0n) is 4.36. The predicted octanol–water partition coefficient (Wildman–Crippen LogP) is 2.23. The van der Waals surface area contributed by atoms with Gasteiger partial charge in [-0.2, -0.15) is 0 Å². The van der Waals surface area contributed by atoms with E-state index in [0.717, 1.165) is 12.3 Å². The molecule has 0 amide bonds. The number of alkyl halides is 1. The molecule has 1 rings (SSSR count). The summed E-state index contributed by atoms with van der Waals surface area (Å²) < 4.78 is 0. The van der Waals surface area contributed by atoms with E-state index in [1.165, 1.54) is 12.8 Å². The van der Waals surface area contributed by atoms with Crippen LogP contribution in [-0.2, 0) is 0 Å². The van der Waals surface area contributed by atoms with Crippen molar-refractivity contribution in [2.24, 2.45) is 5.92 Å². The Morgan fingerprint density at radius 3 is 2.29 bits per heavy atom. The number of halogens is 1. The summed E-state index contributed by atoms with van der Waals surface area (Å²) in [6.07, 6.45) is 3.54. The molecule has 7 heavy (non-hydrogen) atoms. The molecule has 0 aromatic carbocycles. The average molecular weight is 118 g/mol. The first-order chi connectivity index (χ1) is 3.34. The average Bonchev–Trinajstić information content (AvgIpc) is 1.65. The molecule has 0 spiro atoms. The van der Waals surface area contributed by atoms with Crippen molar-refractivity contribution >= 4 is 11.6 Å². The summed E-state index contributed by atoms with van der Waals surface area (Å²) in [6, 6.07) is 0. The van der Waals surface area contributed by atoms with Crippen molar-refractivity contribution in [1.82, 2.24) is 0 Å². The van der Waals surface area contributed by atoms with Gasteiger partial charge in [0.05, 0.1) is 0 Å². The van der Waals surface area contributed by atoms with Crippen molar-refractivity contribution < 1.29 is 0 Å². The van der Waals surface area contributed by atoms with Gasteiger partial charge in [-0.15, -0.1) is 11.6 Å². The molecule has 0 nitrogen and oxygen atoms in total. The Bertz CT molecular complexity index is 59.2. The van der Waals surface area contributed by atoms with Crippen LogP contribution in [0.25, 0.3) is 0 Å². The molecule has 1 saturated carbocycles. The molecule has 1 fully saturated rings. The summed E-state index contributed by atoms with van der Waals surface area (Å²) in [7, 11) is 0. The third-order valence-corrected chi connectivity index (χ3v) is 2.27. The van der Waals surface area contributed by atoms with Crippen molar-refractivity contribution in [2.75, 3.05) is 0 Å². The maximum absolute atomic E-state index is 5.78. The van der Waals surface area contributed by atoms with Crippen LogP contribution in [0, 0.1) is 12.8 Å². The highest BCUT2D eigenvalue weighted by Crippen LogP contribution is 2.34. The molecule has 1 aliphatic rings. The fourth-order valence-electron chi connectivity index (χ4n) is 0.854. The topological polar surface area (TPSA) is 0 Å². The summed E-state index contributed by atoms with van der Waals surface area (Å²) in [5.74, 6) is 0.738. The number of hydrogen-bond acceptors (Lipinski definition) is 0. The van der Waals surface area contributed by atoms with E-state index in [2.05, 4.69) is 6.92 Å². The van der Waals surface area contributed by atoms with E-state index in [0.29, 0.717) is 5.38 Å². The SMILES string of the molecule is [CH2]CC1CCC1Cl. The van der Waals surface area contributed by atoms with Crippen LogP contribution >= 0.6 is 11.6 Å². The van der Waals surface area contributed by atoms with Crippen LogP contribution in [0.2, 0.25) is 0 Å². The normalized spacial score (nSPS) is 40.3. The third-order valence-electron chi connectivity index (χ3n) is 1.70. The molecule has 0 saturated heterocycles. The number of hydrogen-bond donors (Lipinski definition) is 0. The molecular formula is C6H10Cl. The largest absolute Gasteiger partial charge is 0.123 e. The van der Waals surface area contributed by atoms with Gasteiger partial charge >= 0.3 is 0 Å². The lowest BCUT2D eigenvalue weighted by atomic mass is 9.83. The minimum atomic E-state index is 0.456. The molecular weight excluding hydrogens is 108 g/mol. The fraction of sp³-hybridized carbons (Fsp3) is 0.833. The first-order valence-electron chi connectivity index (χ1n) is 2.78. The van der Waals surface area contributed by atoms with Gasteiger partial charge in [0.25, 0.3) is 0 Å². The molecule has 0 bridgehead atoms. The Hall–Kier alpha value is 0.290. The lowest BCUT2D eigenvalue weighted by Gasteiger charge is -2.30. The van der Waals surface area contributed by atoms with Crippen molar-refractivity contribution in [1.29, 1.82) is 0 Å². The minimum absolute atomic E-state index is 0.456.